The molecule has 1 aliphatic heterocycles. The van der Waals surface area contributed by atoms with Gasteiger partial charge in [-0.2, -0.15) is 4.99 Å². The van der Waals surface area contributed by atoms with Crippen molar-refractivity contribution in [2.24, 2.45) is 10.9 Å². The van der Waals surface area contributed by atoms with Gasteiger partial charge in [0.25, 0.3) is 5.91 Å². The number of rotatable bonds is 4. The van der Waals surface area contributed by atoms with Crippen molar-refractivity contribution < 1.29 is 9.90 Å². The molecule has 92 valence electrons. The molecule has 0 bridgehead atoms. The SMILES string of the molecule is CCC1=NC(=O)C(O)CN1C(C)CC(C)C. The summed E-state index contributed by atoms with van der Waals surface area (Å²) < 4.78 is 0. The molecule has 2 unspecified atom stereocenters. The first-order valence-electron chi connectivity index (χ1n) is 6.01. The first kappa shape index (κ1) is 13.2. The average Bonchev–Trinajstić information content (AvgIpc) is 2.20. The maximum atomic E-state index is 11.3. The Hall–Kier alpha value is -0.900. The molecule has 0 spiro atoms. The van der Waals surface area contributed by atoms with Crippen LogP contribution in [0.5, 0.6) is 0 Å². The van der Waals surface area contributed by atoms with E-state index < -0.39 is 12.0 Å². The van der Waals surface area contributed by atoms with Gasteiger partial charge in [0.05, 0.1) is 6.54 Å². The highest BCUT2D eigenvalue weighted by molar-refractivity contribution is 5.98. The van der Waals surface area contributed by atoms with Gasteiger partial charge >= 0.3 is 0 Å². The normalized spacial score (nSPS) is 23.6. The summed E-state index contributed by atoms with van der Waals surface area (Å²) in [5, 5.41) is 9.55. The summed E-state index contributed by atoms with van der Waals surface area (Å²) in [6.45, 7) is 8.83. The predicted molar refractivity (Wildman–Crippen MR) is 64.4 cm³/mol. The molecule has 0 fully saturated rings. The molecule has 0 aromatic carbocycles. The van der Waals surface area contributed by atoms with Crippen molar-refractivity contribution in [1.82, 2.24) is 4.90 Å². The van der Waals surface area contributed by atoms with Gasteiger partial charge in [-0.3, -0.25) is 4.79 Å². The van der Waals surface area contributed by atoms with E-state index in [1.807, 2.05) is 6.92 Å². The van der Waals surface area contributed by atoms with Crippen LogP contribution in [0.15, 0.2) is 4.99 Å². The van der Waals surface area contributed by atoms with E-state index in [0.29, 0.717) is 18.5 Å². The van der Waals surface area contributed by atoms with Crippen LogP contribution < -0.4 is 0 Å². The van der Waals surface area contributed by atoms with Gasteiger partial charge in [-0.1, -0.05) is 20.8 Å². The maximum Gasteiger partial charge on any atom is 0.277 e. The van der Waals surface area contributed by atoms with E-state index in [-0.39, 0.29) is 0 Å². The van der Waals surface area contributed by atoms with Crippen LogP contribution >= 0.6 is 0 Å². The fourth-order valence-electron chi connectivity index (χ4n) is 2.16. The average molecular weight is 226 g/mol. The summed E-state index contributed by atoms with van der Waals surface area (Å²) in [6.07, 6.45) is 0.825. The quantitative estimate of drug-likeness (QED) is 0.789. The van der Waals surface area contributed by atoms with Crippen LogP contribution in [0.25, 0.3) is 0 Å². The molecule has 16 heavy (non-hydrogen) atoms. The molecule has 0 saturated carbocycles. The highest BCUT2D eigenvalue weighted by atomic mass is 16.3. The summed E-state index contributed by atoms with van der Waals surface area (Å²) in [6, 6.07) is 0.321. The lowest BCUT2D eigenvalue weighted by Gasteiger charge is -2.36. The van der Waals surface area contributed by atoms with Crippen molar-refractivity contribution in [3.8, 4) is 0 Å². The van der Waals surface area contributed by atoms with Gasteiger partial charge in [0.1, 0.15) is 5.84 Å². The van der Waals surface area contributed by atoms with Gasteiger partial charge in [-0.15, -0.1) is 0 Å². The van der Waals surface area contributed by atoms with Crippen molar-refractivity contribution in [1.29, 1.82) is 0 Å². The van der Waals surface area contributed by atoms with Crippen LogP contribution in [-0.4, -0.2) is 40.4 Å². The minimum atomic E-state index is -0.954. The van der Waals surface area contributed by atoms with Crippen molar-refractivity contribution in [3.63, 3.8) is 0 Å². The molecule has 1 aliphatic rings. The van der Waals surface area contributed by atoms with Crippen LogP contribution in [-0.2, 0) is 4.79 Å². The molecule has 1 rings (SSSR count). The predicted octanol–water partition coefficient (Wildman–Crippen LogP) is 1.43. The summed E-state index contributed by atoms with van der Waals surface area (Å²) in [7, 11) is 0. The van der Waals surface area contributed by atoms with Crippen LogP contribution in [0, 0.1) is 5.92 Å². The maximum absolute atomic E-state index is 11.3. The fourth-order valence-corrected chi connectivity index (χ4v) is 2.16. The van der Waals surface area contributed by atoms with E-state index in [1.54, 1.807) is 0 Å². The molecule has 0 radical (unpaired) electrons. The minimum absolute atomic E-state index is 0.321. The Morgan fingerprint density at radius 3 is 2.62 bits per heavy atom. The standard InChI is InChI=1S/C12H22N2O2/c1-5-11-13-12(16)10(15)7-14(11)9(4)6-8(2)3/h8-10,15H,5-7H2,1-4H3. The van der Waals surface area contributed by atoms with Crippen molar-refractivity contribution in [3.05, 3.63) is 0 Å². The zero-order valence-electron chi connectivity index (χ0n) is 10.6. The largest absolute Gasteiger partial charge is 0.381 e. The van der Waals surface area contributed by atoms with Gasteiger partial charge in [0.15, 0.2) is 6.10 Å². The Bertz CT molecular complexity index is 287. The highest BCUT2D eigenvalue weighted by Crippen LogP contribution is 2.17. The summed E-state index contributed by atoms with van der Waals surface area (Å²) in [5.74, 6) is 1.01. The number of hydrogen-bond acceptors (Lipinski definition) is 3. The second-order valence-corrected chi connectivity index (χ2v) is 4.87. The number of amides is 1. The van der Waals surface area contributed by atoms with Crippen LogP contribution in [0.3, 0.4) is 0 Å². The number of nitrogens with zero attached hydrogens (tertiary/aromatic N) is 2. The number of aliphatic hydroxyl groups excluding tert-OH is 1. The van der Waals surface area contributed by atoms with Gasteiger partial charge < -0.3 is 10.0 Å². The van der Waals surface area contributed by atoms with Crippen LogP contribution in [0.4, 0.5) is 0 Å². The molecule has 0 saturated heterocycles. The molecule has 1 heterocycles. The van der Waals surface area contributed by atoms with E-state index in [4.69, 9.17) is 0 Å². The number of amidine groups is 1. The molecule has 0 aromatic heterocycles. The molecule has 4 nitrogen and oxygen atoms in total. The van der Waals surface area contributed by atoms with E-state index in [0.717, 1.165) is 18.7 Å². The Kier molecular flexibility index (Phi) is 4.47. The highest BCUT2D eigenvalue weighted by Gasteiger charge is 2.29. The number of carbonyl (C=O) groups is 1. The number of hydrogen-bond donors (Lipinski definition) is 1. The first-order chi connectivity index (χ1) is 7.45. The van der Waals surface area contributed by atoms with Gasteiger partial charge in [-0.05, 0) is 19.3 Å². The number of aliphatic imine (C=N–C) groups is 1. The monoisotopic (exact) mass is 226 g/mol. The Morgan fingerprint density at radius 1 is 1.50 bits per heavy atom. The van der Waals surface area contributed by atoms with Crippen molar-refractivity contribution in [2.75, 3.05) is 6.54 Å². The molecular weight excluding hydrogens is 204 g/mol. The Balaban J connectivity index is 2.78. The van der Waals surface area contributed by atoms with Crippen LogP contribution in [0.1, 0.15) is 40.5 Å². The van der Waals surface area contributed by atoms with Gasteiger partial charge in [-0.25, -0.2) is 0 Å². The second kappa shape index (κ2) is 5.43. The summed E-state index contributed by atoms with van der Waals surface area (Å²) in [5.41, 5.74) is 0. The molecule has 0 aromatic rings. The third kappa shape index (κ3) is 3.04. The van der Waals surface area contributed by atoms with Crippen LogP contribution in [0.2, 0.25) is 0 Å². The molecule has 2 atom stereocenters. The molecule has 4 heteroatoms. The number of carbonyl (C=O) groups excluding carboxylic acids is 1. The Labute approximate surface area is 97.4 Å². The van der Waals surface area contributed by atoms with E-state index >= 15 is 0 Å². The fraction of sp³-hybridized carbons (Fsp3) is 0.833. The molecule has 1 amide bonds. The number of aliphatic hydroxyl groups is 1. The van der Waals surface area contributed by atoms with Crippen molar-refractivity contribution in [2.45, 2.75) is 52.7 Å². The van der Waals surface area contributed by atoms with Gasteiger partial charge in [0, 0.05) is 12.5 Å². The Morgan fingerprint density at radius 2 is 2.12 bits per heavy atom. The third-order valence-electron chi connectivity index (χ3n) is 2.89. The lowest BCUT2D eigenvalue weighted by molar-refractivity contribution is -0.127. The minimum Gasteiger partial charge on any atom is -0.381 e. The van der Waals surface area contributed by atoms with E-state index in [1.165, 1.54) is 0 Å². The second-order valence-electron chi connectivity index (χ2n) is 4.87. The van der Waals surface area contributed by atoms with E-state index in [2.05, 4.69) is 30.7 Å². The lowest BCUT2D eigenvalue weighted by Crippen LogP contribution is -2.49. The third-order valence-corrected chi connectivity index (χ3v) is 2.89. The summed E-state index contributed by atoms with van der Waals surface area (Å²) in [4.78, 5) is 17.3. The molecule has 0 aliphatic carbocycles. The topological polar surface area (TPSA) is 52.9 Å². The zero-order valence-corrected chi connectivity index (χ0v) is 10.6. The first-order valence-corrected chi connectivity index (χ1v) is 6.01. The zero-order chi connectivity index (χ0) is 12.3. The summed E-state index contributed by atoms with van der Waals surface area (Å²) >= 11 is 0. The van der Waals surface area contributed by atoms with Gasteiger partial charge in [0.2, 0.25) is 0 Å². The lowest BCUT2D eigenvalue weighted by atomic mass is 10.0. The van der Waals surface area contributed by atoms with Crippen molar-refractivity contribution >= 4 is 11.7 Å². The molecular formula is C12H22N2O2. The van der Waals surface area contributed by atoms with E-state index in [9.17, 15) is 9.90 Å². The number of β-amino-alcohol motifs (C(OH)–C–C–N with tert-alkyl or cyclic N) is 1. The smallest absolute Gasteiger partial charge is 0.277 e. The molecule has 1 N–H and O–H groups in total.